The average molecular weight is 385 g/mol. The number of carbonyl (C=O) groups is 2. The van der Waals surface area contributed by atoms with E-state index in [-0.39, 0.29) is 23.7 Å². The molecule has 2 rings (SSSR count). The number of amides is 1. The van der Waals surface area contributed by atoms with Crippen LogP contribution in [0.1, 0.15) is 26.7 Å². The number of likely N-dealkylation sites (N-methyl/N-ethyl adjacent to an activating group) is 1. The first-order chi connectivity index (χ1) is 11.9. The molecule has 1 saturated heterocycles. The number of rotatable bonds is 7. The van der Waals surface area contributed by atoms with E-state index in [1.165, 1.54) is 11.8 Å². The predicted octanol–water partition coefficient (Wildman–Crippen LogP) is 3.22. The molecule has 0 aromatic heterocycles. The van der Waals surface area contributed by atoms with E-state index in [1.807, 2.05) is 47.9 Å². The number of aliphatic carboxylic acids is 1. The van der Waals surface area contributed by atoms with Crippen LogP contribution in [0, 0.1) is 0 Å². The van der Waals surface area contributed by atoms with Crippen molar-refractivity contribution in [1.29, 1.82) is 0 Å². The van der Waals surface area contributed by atoms with Gasteiger partial charge in [-0.15, -0.1) is 11.8 Å². The fourth-order valence-corrected chi connectivity index (χ4v) is 4.23. The minimum Gasteiger partial charge on any atom is -0.480 e. The molecular weight excluding hydrogens is 360 g/mol. The molecule has 1 N–H and O–H groups in total. The monoisotopic (exact) mass is 384 g/mol. The largest absolute Gasteiger partial charge is 0.480 e. The molecule has 1 heterocycles. The van der Waals surface area contributed by atoms with Gasteiger partial charge in [0.05, 0.1) is 11.8 Å². The van der Waals surface area contributed by atoms with Crippen LogP contribution in [-0.2, 0) is 9.59 Å². The lowest BCUT2D eigenvalue weighted by Gasteiger charge is -2.38. The SMILES string of the molecule is CCN(CC(=O)O)C1CCN(C(=O)C(C)Sc2ccc(Cl)cc2)CC1. The van der Waals surface area contributed by atoms with Gasteiger partial charge in [0, 0.05) is 29.0 Å². The van der Waals surface area contributed by atoms with Crippen molar-refractivity contribution in [2.45, 2.75) is 42.9 Å². The molecule has 1 aromatic carbocycles. The van der Waals surface area contributed by atoms with Crippen LogP contribution in [-0.4, -0.2) is 64.3 Å². The summed E-state index contributed by atoms with van der Waals surface area (Å²) in [4.78, 5) is 28.5. The Kier molecular flexibility index (Phi) is 7.59. The molecule has 0 radical (unpaired) electrons. The molecule has 7 heteroatoms. The maximum atomic E-state index is 12.7. The summed E-state index contributed by atoms with van der Waals surface area (Å²) in [7, 11) is 0. The molecule has 0 saturated carbocycles. The molecule has 1 amide bonds. The Labute approximate surface area is 158 Å². The Balaban J connectivity index is 1.85. The van der Waals surface area contributed by atoms with Gasteiger partial charge in [-0.1, -0.05) is 18.5 Å². The quantitative estimate of drug-likeness (QED) is 0.731. The Hall–Kier alpha value is -1.24. The Bertz CT molecular complexity index is 588. The zero-order valence-electron chi connectivity index (χ0n) is 14.7. The van der Waals surface area contributed by atoms with E-state index < -0.39 is 5.97 Å². The van der Waals surface area contributed by atoms with Crippen LogP contribution in [0.4, 0.5) is 0 Å². The highest BCUT2D eigenvalue weighted by atomic mass is 35.5. The van der Waals surface area contributed by atoms with Crippen molar-refractivity contribution >= 4 is 35.2 Å². The van der Waals surface area contributed by atoms with Gasteiger partial charge in [0.2, 0.25) is 5.91 Å². The topological polar surface area (TPSA) is 60.9 Å². The van der Waals surface area contributed by atoms with Gasteiger partial charge in [-0.2, -0.15) is 0 Å². The number of nitrogens with zero attached hydrogens (tertiary/aromatic N) is 2. The summed E-state index contributed by atoms with van der Waals surface area (Å²) in [5, 5.41) is 9.53. The van der Waals surface area contributed by atoms with Crippen LogP contribution in [0.25, 0.3) is 0 Å². The molecule has 1 fully saturated rings. The number of likely N-dealkylation sites (tertiary alicyclic amines) is 1. The molecule has 1 unspecified atom stereocenters. The highest BCUT2D eigenvalue weighted by Gasteiger charge is 2.29. The lowest BCUT2D eigenvalue weighted by Crippen LogP contribution is -2.49. The molecule has 138 valence electrons. The highest BCUT2D eigenvalue weighted by Crippen LogP contribution is 2.27. The summed E-state index contributed by atoms with van der Waals surface area (Å²) in [5.74, 6) is -0.659. The van der Waals surface area contributed by atoms with E-state index in [1.54, 1.807) is 0 Å². The summed E-state index contributed by atoms with van der Waals surface area (Å²) < 4.78 is 0. The molecular formula is C18H25ClN2O3S. The zero-order chi connectivity index (χ0) is 18.4. The van der Waals surface area contributed by atoms with Gasteiger partial charge in [-0.25, -0.2) is 0 Å². The van der Waals surface area contributed by atoms with Gasteiger partial charge < -0.3 is 10.0 Å². The Morgan fingerprint density at radius 2 is 1.92 bits per heavy atom. The molecule has 1 aliphatic heterocycles. The second-order valence-corrected chi connectivity index (χ2v) is 8.08. The maximum absolute atomic E-state index is 12.7. The van der Waals surface area contributed by atoms with E-state index in [9.17, 15) is 9.59 Å². The molecule has 5 nitrogen and oxygen atoms in total. The van der Waals surface area contributed by atoms with Gasteiger partial charge in [-0.3, -0.25) is 14.5 Å². The minimum absolute atomic E-state index is 0.0674. The van der Waals surface area contributed by atoms with Crippen LogP contribution >= 0.6 is 23.4 Å². The zero-order valence-corrected chi connectivity index (χ0v) is 16.2. The van der Waals surface area contributed by atoms with Crippen molar-refractivity contribution < 1.29 is 14.7 Å². The maximum Gasteiger partial charge on any atom is 0.317 e. The number of hydrogen-bond acceptors (Lipinski definition) is 4. The van der Waals surface area contributed by atoms with Crippen molar-refractivity contribution in [2.75, 3.05) is 26.2 Å². The number of piperidine rings is 1. The number of carboxylic acids is 1. The summed E-state index contributed by atoms with van der Waals surface area (Å²) in [6.07, 6.45) is 1.65. The first-order valence-electron chi connectivity index (χ1n) is 8.57. The van der Waals surface area contributed by atoms with Crippen molar-refractivity contribution in [2.24, 2.45) is 0 Å². The third-order valence-electron chi connectivity index (χ3n) is 4.51. The van der Waals surface area contributed by atoms with Gasteiger partial charge in [-0.05, 0) is 50.6 Å². The van der Waals surface area contributed by atoms with Crippen LogP contribution < -0.4 is 0 Å². The lowest BCUT2D eigenvalue weighted by molar-refractivity contribution is -0.140. The van der Waals surface area contributed by atoms with Gasteiger partial charge >= 0.3 is 5.97 Å². The first-order valence-corrected chi connectivity index (χ1v) is 9.83. The molecule has 25 heavy (non-hydrogen) atoms. The summed E-state index contributed by atoms with van der Waals surface area (Å²) in [5.41, 5.74) is 0. The van der Waals surface area contributed by atoms with Crippen molar-refractivity contribution in [1.82, 2.24) is 9.80 Å². The molecule has 1 aromatic rings. The van der Waals surface area contributed by atoms with Gasteiger partial charge in [0.15, 0.2) is 0 Å². The van der Waals surface area contributed by atoms with Crippen LogP contribution in [0.5, 0.6) is 0 Å². The van der Waals surface area contributed by atoms with Crippen molar-refractivity contribution in [3.8, 4) is 0 Å². The lowest BCUT2D eigenvalue weighted by atomic mass is 10.0. The highest BCUT2D eigenvalue weighted by molar-refractivity contribution is 8.00. The van der Waals surface area contributed by atoms with Crippen LogP contribution in [0.3, 0.4) is 0 Å². The fraction of sp³-hybridized carbons (Fsp3) is 0.556. The normalized spacial score (nSPS) is 16.9. The summed E-state index contributed by atoms with van der Waals surface area (Å²) >= 11 is 7.43. The third kappa shape index (κ3) is 5.90. The van der Waals surface area contributed by atoms with Crippen molar-refractivity contribution in [3.05, 3.63) is 29.3 Å². The van der Waals surface area contributed by atoms with Crippen LogP contribution in [0.2, 0.25) is 5.02 Å². The van der Waals surface area contributed by atoms with E-state index in [2.05, 4.69) is 0 Å². The second-order valence-electron chi connectivity index (χ2n) is 6.23. The molecule has 1 aliphatic rings. The predicted molar refractivity (Wildman–Crippen MR) is 101 cm³/mol. The molecule has 1 atom stereocenters. The minimum atomic E-state index is -0.798. The first kappa shape index (κ1) is 20.1. The summed E-state index contributed by atoms with van der Waals surface area (Å²) in [6, 6.07) is 7.74. The Morgan fingerprint density at radius 3 is 2.44 bits per heavy atom. The van der Waals surface area contributed by atoms with Gasteiger partial charge in [0.25, 0.3) is 0 Å². The second kappa shape index (κ2) is 9.46. The molecule has 0 bridgehead atoms. The van der Waals surface area contributed by atoms with Crippen LogP contribution in [0.15, 0.2) is 29.2 Å². The van der Waals surface area contributed by atoms with E-state index >= 15 is 0 Å². The number of thioether (sulfide) groups is 1. The number of benzene rings is 1. The number of carboxylic acid groups (broad SMARTS) is 1. The molecule has 0 spiro atoms. The average Bonchev–Trinajstić information content (AvgIpc) is 2.61. The number of hydrogen-bond donors (Lipinski definition) is 1. The fourth-order valence-electron chi connectivity index (χ4n) is 3.15. The van der Waals surface area contributed by atoms with Crippen molar-refractivity contribution in [3.63, 3.8) is 0 Å². The Morgan fingerprint density at radius 1 is 1.32 bits per heavy atom. The van der Waals surface area contributed by atoms with E-state index in [4.69, 9.17) is 16.7 Å². The van der Waals surface area contributed by atoms with Gasteiger partial charge in [0.1, 0.15) is 0 Å². The van der Waals surface area contributed by atoms with E-state index in [0.717, 1.165) is 17.7 Å². The smallest absolute Gasteiger partial charge is 0.317 e. The standard InChI is InChI=1S/C18H25ClN2O3S/c1-3-20(12-17(22)23)15-8-10-21(11-9-15)18(24)13(2)25-16-6-4-14(19)5-7-16/h4-7,13,15H,3,8-12H2,1-2H3,(H,22,23). The van der Waals surface area contributed by atoms with E-state index in [0.29, 0.717) is 24.7 Å². The molecule has 0 aliphatic carbocycles. The number of carbonyl (C=O) groups excluding carboxylic acids is 1. The third-order valence-corrected chi connectivity index (χ3v) is 5.86. The number of halogens is 1. The summed E-state index contributed by atoms with van der Waals surface area (Å²) in [6.45, 7) is 6.06.